The second kappa shape index (κ2) is 7.95. The van der Waals surface area contributed by atoms with Crippen LogP contribution in [0.3, 0.4) is 0 Å². The average Bonchev–Trinajstić information content (AvgIpc) is 2.67. The molecule has 0 saturated carbocycles. The molecule has 0 radical (unpaired) electrons. The summed E-state index contributed by atoms with van der Waals surface area (Å²) in [6.45, 7) is 5.12. The van der Waals surface area contributed by atoms with Crippen molar-refractivity contribution in [2.75, 3.05) is 58.2 Å². The molecule has 0 atom stereocenters. The van der Waals surface area contributed by atoms with Gasteiger partial charge in [0.25, 0.3) is 0 Å². The molecule has 2 aromatic rings. The third-order valence-electron chi connectivity index (χ3n) is 5.06. The number of likely N-dealkylation sites (tertiary alicyclic amines) is 1. The van der Waals surface area contributed by atoms with Crippen LogP contribution in [0, 0.1) is 0 Å². The van der Waals surface area contributed by atoms with Gasteiger partial charge in [-0.3, -0.25) is 0 Å². The van der Waals surface area contributed by atoms with E-state index in [0.717, 1.165) is 49.2 Å². The van der Waals surface area contributed by atoms with Crippen LogP contribution in [0.5, 0.6) is 11.5 Å². The van der Waals surface area contributed by atoms with Crippen LogP contribution < -0.4 is 19.7 Å². The number of hydrogen-bond donors (Lipinski definition) is 1. The summed E-state index contributed by atoms with van der Waals surface area (Å²) in [5.41, 5.74) is 0.850. The number of nitrogens with zero attached hydrogens (tertiary/aromatic N) is 4. The van der Waals surface area contributed by atoms with E-state index in [-0.39, 0.29) is 0 Å². The van der Waals surface area contributed by atoms with E-state index in [9.17, 15) is 0 Å². The Hall–Kier alpha value is -2.28. The van der Waals surface area contributed by atoms with E-state index in [1.54, 1.807) is 14.2 Å². The normalized spacial score (nSPS) is 15.9. The lowest BCUT2D eigenvalue weighted by Gasteiger charge is -2.30. The molecule has 3 rings (SSSR count). The predicted molar refractivity (Wildman–Crippen MR) is 106 cm³/mol. The van der Waals surface area contributed by atoms with Crippen LogP contribution in [-0.2, 0) is 0 Å². The molecule has 7 nitrogen and oxygen atoms in total. The molecule has 7 heteroatoms. The van der Waals surface area contributed by atoms with Gasteiger partial charge in [-0.15, -0.1) is 0 Å². The van der Waals surface area contributed by atoms with E-state index in [1.165, 1.54) is 0 Å². The maximum atomic E-state index is 5.48. The minimum atomic E-state index is 0.414. The molecule has 2 heterocycles. The highest BCUT2D eigenvalue weighted by atomic mass is 16.5. The van der Waals surface area contributed by atoms with Crippen molar-refractivity contribution in [3.63, 3.8) is 0 Å². The molecule has 26 heavy (non-hydrogen) atoms. The second-order valence-electron chi connectivity index (χ2n) is 6.83. The van der Waals surface area contributed by atoms with Crippen molar-refractivity contribution in [1.82, 2.24) is 14.9 Å². The van der Waals surface area contributed by atoms with Crippen molar-refractivity contribution in [2.24, 2.45) is 0 Å². The van der Waals surface area contributed by atoms with Gasteiger partial charge < -0.3 is 24.6 Å². The van der Waals surface area contributed by atoms with Crippen molar-refractivity contribution in [3.05, 3.63) is 12.1 Å². The van der Waals surface area contributed by atoms with E-state index in [4.69, 9.17) is 19.4 Å². The Morgan fingerprint density at radius 1 is 1.15 bits per heavy atom. The number of benzene rings is 1. The monoisotopic (exact) mass is 359 g/mol. The number of piperidine rings is 1. The van der Waals surface area contributed by atoms with Crippen LogP contribution >= 0.6 is 0 Å². The Bertz CT molecular complexity index is 759. The van der Waals surface area contributed by atoms with Gasteiger partial charge in [-0.1, -0.05) is 0 Å². The minimum absolute atomic E-state index is 0.414. The highest BCUT2D eigenvalue weighted by molar-refractivity contribution is 5.92. The van der Waals surface area contributed by atoms with E-state index in [1.807, 2.05) is 24.1 Å². The van der Waals surface area contributed by atoms with Crippen molar-refractivity contribution in [3.8, 4) is 11.5 Å². The van der Waals surface area contributed by atoms with Crippen molar-refractivity contribution in [2.45, 2.75) is 25.8 Å². The van der Waals surface area contributed by atoms with Crippen molar-refractivity contribution < 1.29 is 9.47 Å². The Morgan fingerprint density at radius 2 is 1.81 bits per heavy atom. The third-order valence-corrected chi connectivity index (χ3v) is 5.06. The number of methoxy groups -OCH3 is 2. The SMILES string of the molecule is CCN(C)c1nc(NC2CCN(C)CC2)c2cc(OC)c(OC)cc2n1. The molecular formula is C19H29N5O2. The molecule has 1 aliphatic heterocycles. The van der Waals surface area contributed by atoms with Crippen molar-refractivity contribution in [1.29, 1.82) is 0 Å². The zero-order valence-electron chi connectivity index (χ0n) is 16.4. The molecule has 1 saturated heterocycles. The second-order valence-corrected chi connectivity index (χ2v) is 6.83. The van der Waals surface area contributed by atoms with Gasteiger partial charge in [0.05, 0.1) is 19.7 Å². The van der Waals surface area contributed by atoms with Gasteiger partial charge in [0.15, 0.2) is 11.5 Å². The van der Waals surface area contributed by atoms with Crippen LogP contribution in [0.2, 0.25) is 0 Å². The summed E-state index contributed by atoms with van der Waals surface area (Å²) < 4.78 is 10.9. The van der Waals surface area contributed by atoms with Gasteiger partial charge in [-0.05, 0) is 46.0 Å². The lowest BCUT2D eigenvalue weighted by atomic mass is 10.1. The van der Waals surface area contributed by atoms with E-state index in [0.29, 0.717) is 23.5 Å². The van der Waals surface area contributed by atoms with Crippen LogP contribution in [0.15, 0.2) is 12.1 Å². The minimum Gasteiger partial charge on any atom is -0.493 e. The summed E-state index contributed by atoms with van der Waals surface area (Å²) in [7, 11) is 7.46. The Kier molecular flexibility index (Phi) is 5.66. The number of anilines is 2. The standard InChI is InChI=1S/C19H29N5O2/c1-6-24(3)19-21-15-12-17(26-5)16(25-4)11-14(15)18(22-19)20-13-7-9-23(2)10-8-13/h11-13H,6-10H2,1-5H3,(H,20,21,22). The molecule has 0 unspecified atom stereocenters. The highest BCUT2D eigenvalue weighted by Gasteiger charge is 2.20. The maximum Gasteiger partial charge on any atom is 0.227 e. The first-order valence-corrected chi connectivity index (χ1v) is 9.15. The fourth-order valence-electron chi connectivity index (χ4n) is 3.21. The van der Waals surface area contributed by atoms with Crippen LogP contribution in [0.1, 0.15) is 19.8 Å². The lowest BCUT2D eigenvalue weighted by Crippen LogP contribution is -2.37. The van der Waals surface area contributed by atoms with E-state index < -0.39 is 0 Å². The van der Waals surface area contributed by atoms with E-state index in [2.05, 4.69) is 24.2 Å². The number of nitrogens with one attached hydrogen (secondary N) is 1. The maximum absolute atomic E-state index is 5.48. The molecule has 1 N–H and O–H groups in total. The third kappa shape index (κ3) is 3.77. The lowest BCUT2D eigenvalue weighted by molar-refractivity contribution is 0.264. The zero-order chi connectivity index (χ0) is 18.7. The summed E-state index contributed by atoms with van der Waals surface area (Å²) in [5.74, 6) is 2.93. The van der Waals surface area contributed by atoms with Gasteiger partial charge in [-0.25, -0.2) is 4.98 Å². The van der Waals surface area contributed by atoms with Crippen LogP contribution in [0.4, 0.5) is 11.8 Å². The Labute approximate surface area is 155 Å². The number of aromatic nitrogens is 2. The van der Waals surface area contributed by atoms with Gasteiger partial charge >= 0.3 is 0 Å². The molecule has 142 valence electrons. The van der Waals surface area contributed by atoms with Crippen LogP contribution in [0.25, 0.3) is 10.9 Å². The molecule has 1 aromatic heterocycles. The van der Waals surface area contributed by atoms with E-state index >= 15 is 0 Å². The molecule has 1 fully saturated rings. The summed E-state index contributed by atoms with van der Waals surface area (Å²) in [4.78, 5) is 13.9. The Balaban J connectivity index is 2.05. The zero-order valence-corrected chi connectivity index (χ0v) is 16.4. The first-order chi connectivity index (χ1) is 12.5. The largest absolute Gasteiger partial charge is 0.493 e. The summed E-state index contributed by atoms with van der Waals surface area (Å²) in [5, 5.41) is 4.61. The van der Waals surface area contributed by atoms with Crippen LogP contribution in [-0.4, -0.2) is 68.9 Å². The molecule has 0 spiro atoms. The average molecular weight is 359 g/mol. The van der Waals surface area contributed by atoms with Gasteiger partial charge in [0, 0.05) is 31.1 Å². The van der Waals surface area contributed by atoms with Gasteiger partial charge in [-0.2, -0.15) is 4.98 Å². The first-order valence-electron chi connectivity index (χ1n) is 9.15. The highest BCUT2D eigenvalue weighted by Crippen LogP contribution is 2.35. The fourth-order valence-corrected chi connectivity index (χ4v) is 3.21. The van der Waals surface area contributed by atoms with Crippen molar-refractivity contribution >= 4 is 22.7 Å². The summed E-state index contributed by atoms with van der Waals surface area (Å²) in [6, 6.07) is 4.29. The molecule has 1 aliphatic rings. The molecule has 0 aliphatic carbocycles. The molecule has 1 aromatic carbocycles. The smallest absolute Gasteiger partial charge is 0.227 e. The topological polar surface area (TPSA) is 62.8 Å². The molecular weight excluding hydrogens is 330 g/mol. The fraction of sp³-hybridized carbons (Fsp3) is 0.579. The number of fused-ring (bicyclic) bond motifs is 1. The number of hydrogen-bond acceptors (Lipinski definition) is 7. The molecule has 0 amide bonds. The summed E-state index contributed by atoms with van der Waals surface area (Å²) >= 11 is 0. The first kappa shape index (κ1) is 18.5. The number of rotatable bonds is 6. The Morgan fingerprint density at radius 3 is 2.42 bits per heavy atom. The number of ether oxygens (including phenoxy) is 2. The van der Waals surface area contributed by atoms with Gasteiger partial charge in [0.2, 0.25) is 5.95 Å². The predicted octanol–water partition coefficient (Wildman–Crippen LogP) is 2.61. The van der Waals surface area contributed by atoms with Gasteiger partial charge in [0.1, 0.15) is 5.82 Å². The quantitative estimate of drug-likeness (QED) is 0.850. The molecule has 0 bridgehead atoms. The summed E-state index contributed by atoms with van der Waals surface area (Å²) in [6.07, 6.45) is 2.21.